The Labute approximate surface area is 123 Å². The standard InChI is InChI=1S/C15H19N3O3/c1-2-20-13-9-18(8-12(13)19)10-14-16-15(21-17-14)11-6-4-3-5-7-11/h3-7,12-13,19H,2,8-10H2,1H3/t12-,13-/m1/s1. The highest BCUT2D eigenvalue weighted by Gasteiger charge is 2.32. The molecule has 0 radical (unpaired) electrons. The van der Waals surface area contributed by atoms with Crippen molar-refractivity contribution in [2.75, 3.05) is 19.7 Å². The fourth-order valence-corrected chi connectivity index (χ4v) is 2.56. The Morgan fingerprint density at radius 2 is 2.14 bits per heavy atom. The number of likely N-dealkylation sites (tertiary alicyclic amines) is 1. The minimum absolute atomic E-state index is 0.129. The number of hydrogen-bond donors (Lipinski definition) is 1. The molecule has 21 heavy (non-hydrogen) atoms. The number of aliphatic hydroxyl groups is 1. The van der Waals surface area contributed by atoms with Gasteiger partial charge in [-0.05, 0) is 19.1 Å². The summed E-state index contributed by atoms with van der Waals surface area (Å²) in [7, 11) is 0. The second-order valence-electron chi connectivity index (χ2n) is 5.14. The van der Waals surface area contributed by atoms with E-state index >= 15 is 0 Å². The number of benzene rings is 1. The molecule has 2 heterocycles. The Morgan fingerprint density at radius 1 is 1.33 bits per heavy atom. The zero-order valence-electron chi connectivity index (χ0n) is 12.0. The van der Waals surface area contributed by atoms with Crippen LogP contribution in [-0.2, 0) is 11.3 Å². The van der Waals surface area contributed by atoms with E-state index in [0.29, 0.717) is 38.0 Å². The smallest absolute Gasteiger partial charge is 0.257 e. The number of β-amino-alcohol motifs (C(OH)–C–C–N with tert-alkyl or cyclic N) is 1. The third-order valence-corrected chi connectivity index (χ3v) is 3.55. The lowest BCUT2D eigenvalue weighted by Gasteiger charge is -2.13. The molecule has 0 amide bonds. The lowest BCUT2D eigenvalue weighted by molar-refractivity contribution is -0.00246. The van der Waals surface area contributed by atoms with Crippen molar-refractivity contribution in [3.63, 3.8) is 0 Å². The number of hydrogen-bond acceptors (Lipinski definition) is 6. The third-order valence-electron chi connectivity index (χ3n) is 3.55. The van der Waals surface area contributed by atoms with Gasteiger partial charge in [-0.3, -0.25) is 4.90 Å². The molecule has 6 nitrogen and oxygen atoms in total. The van der Waals surface area contributed by atoms with E-state index < -0.39 is 6.10 Å². The largest absolute Gasteiger partial charge is 0.389 e. The molecule has 0 bridgehead atoms. The Bertz CT molecular complexity index is 573. The van der Waals surface area contributed by atoms with E-state index in [1.54, 1.807) is 0 Å². The van der Waals surface area contributed by atoms with Crippen LogP contribution >= 0.6 is 0 Å². The molecule has 0 saturated carbocycles. The van der Waals surface area contributed by atoms with Gasteiger partial charge in [-0.25, -0.2) is 0 Å². The van der Waals surface area contributed by atoms with Crippen molar-refractivity contribution in [2.45, 2.75) is 25.7 Å². The maximum Gasteiger partial charge on any atom is 0.257 e. The first-order valence-corrected chi connectivity index (χ1v) is 7.16. The quantitative estimate of drug-likeness (QED) is 0.895. The highest BCUT2D eigenvalue weighted by molar-refractivity contribution is 5.51. The van der Waals surface area contributed by atoms with E-state index in [1.165, 1.54) is 0 Å². The maximum atomic E-state index is 9.92. The molecular weight excluding hydrogens is 270 g/mol. The summed E-state index contributed by atoms with van der Waals surface area (Å²) in [5.74, 6) is 1.14. The molecule has 1 aliphatic heterocycles. The molecule has 1 saturated heterocycles. The van der Waals surface area contributed by atoms with Gasteiger partial charge in [-0.2, -0.15) is 4.98 Å². The van der Waals surface area contributed by atoms with Crippen LogP contribution in [0.15, 0.2) is 34.9 Å². The zero-order chi connectivity index (χ0) is 14.7. The third kappa shape index (κ3) is 3.29. The lowest BCUT2D eigenvalue weighted by atomic mass is 10.2. The zero-order valence-corrected chi connectivity index (χ0v) is 12.0. The minimum Gasteiger partial charge on any atom is -0.389 e. The molecular formula is C15H19N3O3. The van der Waals surface area contributed by atoms with Gasteiger partial charge in [0.1, 0.15) is 0 Å². The molecule has 0 aliphatic carbocycles. The summed E-state index contributed by atoms with van der Waals surface area (Å²) in [4.78, 5) is 6.47. The number of ether oxygens (including phenoxy) is 1. The van der Waals surface area contributed by atoms with Crippen LogP contribution in [0, 0.1) is 0 Å². The monoisotopic (exact) mass is 289 g/mol. The highest BCUT2D eigenvalue weighted by Crippen LogP contribution is 2.19. The predicted molar refractivity (Wildman–Crippen MR) is 76.4 cm³/mol. The fourth-order valence-electron chi connectivity index (χ4n) is 2.56. The van der Waals surface area contributed by atoms with Crippen molar-refractivity contribution < 1.29 is 14.4 Å². The van der Waals surface area contributed by atoms with E-state index in [0.717, 1.165) is 5.56 Å². The van der Waals surface area contributed by atoms with Crippen molar-refractivity contribution >= 4 is 0 Å². The molecule has 1 aromatic heterocycles. The SMILES string of the molecule is CCO[C@@H]1CN(Cc2noc(-c3ccccc3)n2)C[C@H]1O. The lowest BCUT2D eigenvalue weighted by Crippen LogP contribution is -2.26. The van der Waals surface area contributed by atoms with Gasteiger partial charge in [0, 0.05) is 25.3 Å². The van der Waals surface area contributed by atoms with Crippen LogP contribution in [0.4, 0.5) is 0 Å². The Hall–Kier alpha value is -1.76. The first kappa shape index (κ1) is 14.2. The van der Waals surface area contributed by atoms with E-state index in [-0.39, 0.29) is 6.10 Å². The van der Waals surface area contributed by atoms with E-state index in [2.05, 4.69) is 15.0 Å². The summed E-state index contributed by atoms with van der Waals surface area (Å²) >= 11 is 0. The number of nitrogens with zero attached hydrogens (tertiary/aromatic N) is 3. The normalized spacial score (nSPS) is 22.8. The van der Waals surface area contributed by atoms with Gasteiger partial charge in [-0.15, -0.1) is 0 Å². The maximum absolute atomic E-state index is 9.92. The molecule has 112 valence electrons. The fraction of sp³-hybridized carbons (Fsp3) is 0.467. The van der Waals surface area contributed by atoms with Crippen molar-refractivity contribution in [2.24, 2.45) is 0 Å². The molecule has 0 spiro atoms. The van der Waals surface area contributed by atoms with Gasteiger partial charge < -0.3 is 14.4 Å². The van der Waals surface area contributed by atoms with Crippen molar-refractivity contribution in [3.05, 3.63) is 36.2 Å². The molecule has 6 heteroatoms. The topological polar surface area (TPSA) is 71.6 Å². The van der Waals surface area contributed by atoms with Crippen molar-refractivity contribution in [1.82, 2.24) is 15.0 Å². The molecule has 1 aliphatic rings. The van der Waals surface area contributed by atoms with E-state index in [1.807, 2.05) is 37.3 Å². The summed E-state index contributed by atoms with van der Waals surface area (Å²) in [5.41, 5.74) is 0.907. The van der Waals surface area contributed by atoms with Crippen LogP contribution in [0.1, 0.15) is 12.7 Å². The minimum atomic E-state index is -0.453. The molecule has 0 unspecified atom stereocenters. The van der Waals surface area contributed by atoms with Gasteiger partial charge in [0.25, 0.3) is 5.89 Å². The van der Waals surface area contributed by atoms with Gasteiger partial charge in [0.2, 0.25) is 0 Å². The first-order chi connectivity index (χ1) is 10.3. The van der Waals surface area contributed by atoms with E-state index in [4.69, 9.17) is 9.26 Å². The number of aromatic nitrogens is 2. The van der Waals surface area contributed by atoms with Crippen molar-refractivity contribution in [3.8, 4) is 11.5 Å². The molecule has 2 aromatic rings. The second kappa shape index (κ2) is 6.34. The molecule has 1 N–H and O–H groups in total. The van der Waals surface area contributed by atoms with Crippen LogP contribution in [0.3, 0.4) is 0 Å². The first-order valence-electron chi connectivity index (χ1n) is 7.16. The summed E-state index contributed by atoms with van der Waals surface area (Å²) in [6, 6.07) is 9.68. The summed E-state index contributed by atoms with van der Waals surface area (Å²) < 4.78 is 10.8. The van der Waals surface area contributed by atoms with Crippen LogP contribution in [0.25, 0.3) is 11.5 Å². The van der Waals surface area contributed by atoms with Crippen LogP contribution in [0.5, 0.6) is 0 Å². The molecule has 1 fully saturated rings. The second-order valence-corrected chi connectivity index (χ2v) is 5.14. The van der Waals surface area contributed by atoms with Crippen LogP contribution < -0.4 is 0 Å². The van der Waals surface area contributed by atoms with Gasteiger partial charge in [-0.1, -0.05) is 23.4 Å². The Balaban J connectivity index is 1.63. The Morgan fingerprint density at radius 3 is 2.90 bits per heavy atom. The summed E-state index contributed by atoms with van der Waals surface area (Å²) in [6.45, 7) is 4.34. The predicted octanol–water partition coefficient (Wildman–Crippen LogP) is 1.32. The molecule has 2 atom stereocenters. The average molecular weight is 289 g/mol. The van der Waals surface area contributed by atoms with Crippen LogP contribution in [0.2, 0.25) is 0 Å². The number of aliphatic hydroxyl groups excluding tert-OH is 1. The Kier molecular flexibility index (Phi) is 4.28. The van der Waals surface area contributed by atoms with Gasteiger partial charge in [0.15, 0.2) is 5.82 Å². The number of rotatable bonds is 5. The van der Waals surface area contributed by atoms with Crippen molar-refractivity contribution in [1.29, 1.82) is 0 Å². The molecule has 3 rings (SSSR count). The summed E-state index contributed by atoms with van der Waals surface area (Å²) in [6.07, 6.45) is -0.582. The van der Waals surface area contributed by atoms with Gasteiger partial charge >= 0.3 is 0 Å². The highest BCUT2D eigenvalue weighted by atomic mass is 16.5. The van der Waals surface area contributed by atoms with E-state index in [9.17, 15) is 5.11 Å². The summed E-state index contributed by atoms with van der Waals surface area (Å²) in [5, 5.41) is 13.9. The van der Waals surface area contributed by atoms with Gasteiger partial charge in [0.05, 0.1) is 18.8 Å². The average Bonchev–Trinajstić information content (AvgIpc) is 3.08. The van der Waals surface area contributed by atoms with Crippen LogP contribution in [-0.4, -0.2) is 52.1 Å². The molecule has 1 aromatic carbocycles.